The fraction of sp³-hybridized carbons (Fsp3) is 0.308. The molecule has 5 rings (SSSR count). The number of pyridine rings is 1. The third-order valence-electron chi connectivity index (χ3n) is 6.37. The summed E-state index contributed by atoms with van der Waals surface area (Å²) in [5, 5.41) is 0. The SMILES string of the molecule is Cc1ccc2nc(N3CCN(c4ccccc4F)CC3)c(C=C3SC(=S)N(C(C)C)C3=O)c(=O)n2c1. The van der Waals surface area contributed by atoms with Crippen LogP contribution in [0.3, 0.4) is 0 Å². The number of aromatic nitrogens is 2. The average molecular weight is 524 g/mol. The first-order chi connectivity index (χ1) is 17.2. The van der Waals surface area contributed by atoms with Crippen LogP contribution in [0.15, 0.2) is 52.3 Å². The molecular weight excluding hydrogens is 497 g/mol. The van der Waals surface area contributed by atoms with Crippen molar-refractivity contribution in [2.24, 2.45) is 0 Å². The lowest BCUT2D eigenvalue weighted by Gasteiger charge is -2.37. The molecule has 7 nitrogen and oxygen atoms in total. The second kappa shape index (κ2) is 9.67. The molecule has 2 aliphatic rings. The minimum absolute atomic E-state index is 0.0761. The molecule has 0 unspecified atom stereocenters. The Labute approximate surface area is 218 Å². The number of hydrogen-bond acceptors (Lipinski definition) is 7. The highest BCUT2D eigenvalue weighted by Crippen LogP contribution is 2.35. The van der Waals surface area contributed by atoms with E-state index >= 15 is 0 Å². The van der Waals surface area contributed by atoms with E-state index in [9.17, 15) is 14.0 Å². The molecule has 2 aliphatic heterocycles. The van der Waals surface area contributed by atoms with E-state index in [0.29, 0.717) is 58.1 Å². The number of para-hydroxylation sites is 1. The molecule has 1 amide bonds. The second-order valence-electron chi connectivity index (χ2n) is 9.16. The number of hydrogen-bond donors (Lipinski definition) is 0. The number of thiocarbonyl (C=S) groups is 1. The number of anilines is 2. The van der Waals surface area contributed by atoms with Gasteiger partial charge in [0.05, 0.1) is 16.2 Å². The van der Waals surface area contributed by atoms with Gasteiger partial charge >= 0.3 is 0 Å². The Morgan fingerprint density at radius 1 is 1.06 bits per heavy atom. The van der Waals surface area contributed by atoms with Gasteiger partial charge in [0.1, 0.15) is 21.6 Å². The van der Waals surface area contributed by atoms with Crippen molar-refractivity contribution >= 4 is 57.4 Å². The zero-order valence-electron chi connectivity index (χ0n) is 20.3. The van der Waals surface area contributed by atoms with Gasteiger partial charge in [0.15, 0.2) is 0 Å². The van der Waals surface area contributed by atoms with Gasteiger partial charge in [0.2, 0.25) is 0 Å². The van der Waals surface area contributed by atoms with Crippen LogP contribution in [0.2, 0.25) is 0 Å². The summed E-state index contributed by atoms with van der Waals surface area (Å²) in [7, 11) is 0. The number of thioether (sulfide) groups is 1. The Balaban J connectivity index is 1.55. The third-order valence-corrected chi connectivity index (χ3v) is 7.70. The molecule has 0 N–H and O–H groups in total. The molecule has 0 bridgehead atoms. The van der Waals surface area contributed by atoms with Crippen molar-refractivity contribution < 1.29 is 9.18 Å². The van der Waals surface area contributed by atoms with Crippen molar-refractivity contribution in [2.75, 3.05) is 36.0 Å². The largest absolute Gasteiger partial charge is 0.366 e. The van der Waals surface area contributed by atoms with Gasteiger partial charge in [-0.1, -0.05) is 42.2 Å². The molecular formula is C26H26FN5O2S2. The summed E-state index contributed by atoms with van der Waals surface area (Å²) in [4.78, 5) is 37.6. The van der Waals surface area contributed by atoms with Gasteiger partial charge in [-0.05, 0) is 50.6 Å². The van der Waals surface area contributed by atoms with Gasteiger partial charge in [0, 0.05) is 38.4 Å². The average Bonchev–Trinajstić information content (AvgIpc) is 3.14. The third kappa shape index (κ3) is 4.39. The van der Waals surface area contributed by atoms with Crippen LogP contribution in [-0.4, -0.2) is 56.7 Å². The first-order valence-corrected chi connectivity index (χ1v) is 13.0. The zero-order chi connectivity index (χ0) is 25.6. The molecule has 0 saturated carbocycles. The Hall–Kier alpha value is -3.24. The second-order valence-corrected chi connectivity index (χ2v) is 10.8. The predicted octanol–water partition coefficient (Wildman–Crippen LogP) is 4.08. The van der Waals surface area contributed by atoms with E-state index in [1.54, 1.807) is 29.3 Å². The summed E-state index contributed by atoms with van der Waals surface area (Å²) in [6.45, 7) is 7.98. The minimum Gasteiger partial charge on any atom is -0.366 e. The lowest BCUT2D eigenvalue weighted by Crippen LogP contribution is -2.47. The van der Waals surface area contributed by atoms with Crippen LogP contribution >= 0.6 is 24.0 Å². The lowest BCUT2D eigenvalue weighted by molar-refractivity contribution is -0.123. The van der Waals surface area contributed by atoms with E-state index in [1.165, 1.54) is 22.2 Å². The van der Waals surface area contributed by atoms with Gasteiger partial charge in [0.25, 0.3) is 11.5 Å². The van der Waals surface area contributed by atoms with Crippen LogP contribution in [-0.2, 0) is 4.79 Å². The number of halogens is 1. The van der Waals surface area contributed by atoms with E-state index in [4.69, 9.17) is 17.2 Å². The van der Waals surface area contributed by atoms with Crippen LogP contribution in [0.1, 0.15) is 25.0 Å². The van der Waals surface area contributed by atoms with Crippen molar-refractivity contribution in [1.82, 2.24) is 14.3 Å². The standard InChI is InChI=1S/C26H26FN5O2S2/c1-16(2)32-25(34)21(36-26(32)35)14-18-23(28-22-9-8-17(3)15-31(22)24(18)33)30-12-10-29(11-13-30)20-7-5-4-6-19(20)27/h4-9,14-16H,10-13H2,1-3H3. The number of fused-ring (bicyclic) bond motifs is 1. The van der Waals surface area contributed by atoms with Crippen LogP contribution in [0, 0.1) is 12.7 Å². The number of amides is 1. The zero-order valence-corrected chi connectivity index (χ0v) is 21.9. The van der Waals surface area contributed by atoms with Crippen LogP contribution in [0.25, 0.3) is 11.7 Å². The van der Waals surface area contributed by atoms with Crippen molar-refractivity contribution in [2.45, 2.75) is 26.8 Å². The molecule has 2 fully saturated rings. The highest BCUT2D eigenvalue weighted by Gasteiger charge is 2.34. The van der Waals surface area contributed by atoms with Crippen molar-refractivity contribution in [3.63, 3.8) is 0 Å². The maximum atomic E-state index is 14.3. The Bertz CT molecular complexity index is 1460. The highest BCUT2D eigenvalue weighted by atomic mass is 32.2. The fourth-order valence-electron chi connectivity index (χ4n) is 4.54. The van der Waals surface area contributed by atoms with E-state index in [-0.39, 0.29) is 23.3 Å². The number of piperazine rings is 1. The number of carbonyl (C=O) groups is 1. The highest BCUT2D eigenvalue weighted by molar-refractivity contribution is 8.26. The van der Waals surface area contributed by atoms with Crippen molar-refractivity contribution in [3.8, 4) is 0 Å². The smallest absolute Gasteiger partial charge is 0.267 e. The first kappa shape index (κ1) is 24.5. The Morgan fingerprint density at radius 2 is 1.75 bits per heavy atom. The molecule has 0 spiro atoms. The van der Waals surface area contributed by atoms with Crippen LogP contribution in [0.5, 0.6) is 0 Å². The molecule has 0 atom stereocenters. The number of aryl methyl sites for hydroxylation is 1. The molecule has 0 radical (unpaired) electrons. The van der Waals surface area contributed by atoms with Gasteiger partial charge in [-0.3, -0.25) is 18.9 Å². The summed E-state index contributed by atoms with van der Waals surface area (Å²) in [6.07, 6.45) is 3.38. The summed E-state index contributed by atoms with van der Waals surface area (Å²) >= 11 is 6.63. The lowest BCUT2D eigenvalue weighted by atomic mass is 10.2. The monoisotopic (exact) mass is 523 g/mol. The summed E-state index contributed by atoms with van der Waals surface area (Å²) in [5.74, 6) is 0.0622. The molecule has 36 heavy (non-hydrogen) atoms. The topological polar surface area (TPSA) is 61.2 Å². The molecule has 2 aromatic heterocycles. The van der Waals surface area contributed by atoms with Crippen molar-refractivity contribution in [3.05, 3.63) is 74.8 Å². The molecule has 186 valence electrons. The van der Waals surface area contributed by atoms with Crippen LogP contribution < -0.4 is 15.4 Å². The van der Waals surface area contributed by atoms with Gasteiger partial charge < -0.3 is 9.80 Å². The Morgan fingerprint density at radius 3 is 2.42 bits per heavy atom. The fourth-order valence-corrected chi connectivity index (χ4v) is 6.04. The Kier molecular flexibility index (Phi) is 6.57. The quantitative estimate of drug-likeness (QED) is 0.377. The number of nitrogens with zero attached hydrogens (tertiary/aromatic N) is 5. The summed E-state index contributed by atoms with van der Waals surface area (Å²) in [5.41, 5.74) is 2.13. The van der Waals surface area contributed by atoms with Gasteiger partial charge in [-0.15, -0.1) is 0 Å². The molecule has 4 heterocycles. The number of carbonyl (C=O) groups excluding carboxylic acids is 1. The molecule has 1 aromatic carbocycles. The summed E-state index contributed by atoms with van der Waals surface area (Å²) in [6, 6.07) is 10.4. The normalized spacial score (nSPS) is 17.8. The van der Waals surface area contributed by atoms with Gasteiger partial charge in [-0.2, -0.15) is 0 Å². The van der Waals surface area contributed by atoms with E-state index in [2.05, 4.69) is 0 Å². The predicted molar refractivity (Wildman–Crippen MR) is 147 cm³/mol. The maximum Gasteiger partial charge on any atom is 0.267 e. The van der Waals surface area contributed by atoms with E-state index in [1.807, 2.05) is 48.8 Å². The van der Waals surface area contributed by atoms with Crippen molar-refractivity contribution in [1.29, 1.82) is 0 Å². The van der Waals surface area contributed by atoms with E-state index in [0.717, 1.165) is 5.56 Å². The number of rotatable bonds is 4. The molecule has 10 heteroatoms. The van der Waals surface area contributed by atoms with Gasteiger partial charge in [-0.25, -0.2) is 9.37 Å². The molecule has 0 aliphatic carbocycles. The minimum atomic E-state index is -0.253. The molecule has 3 aromatic rings. The summed E-state index contributed by atoms with van der Waals surface area (Å²) < 4.78 is 16.3. The number of benzene rings is 1. The molecule has 2 saturated heterocycles. The van der Waals surface area contributed by atoms with Crippen LogP contribution in [0.4, 0.5) is 15.9 Å². The van der Waals surface area contributed by atoms with E-state index < -0.39 is 0 Å². The maximum absolute atomic E-state index is 14.3. The first-order valence-electron chi connectivity index (χ1n) is 11.8.